The van der Waals surface area contributed by atoms with Crippen molar-refractivity contribution in [1.29, 1.82) is 0 Å². The van der Waals surface area contributed by atoms with Crippen LogP contribution in [0.15, 0.2) is 47.5 Å². The van der Waals surface area contributed by atoms with Crippen LogP contribution in [-0.4, -0.2) is 21.3 Å². The minimum absolute atomic E-state index is 0.211. The molecule has 0 fully saturated rings. The molecule has 0 aliphatic carbocycles. The van der Waals surface area contributed by atoms with Crippen molar-refractivity contribution in [2.75, 3.05) is 5.75 Å². The SMILES string of the molecule is CC(C)n1ccc(CC(=O)CSc2ccccc2)n1. The Morgan fingerprint density at radius 3 is 2.63 bits per heavy atom. The Balaban J connectivity index is 1.84. The maximum atomic E-state index is 11.9. The minimum atomic E-state index is 0.211. The molecular formula is C15H18N2OS. The summed E-state index contributed by atoms with van der Waals surface area (Å²) in [6, 6.07) is 12.2. The molecule has 0 saturated heterocycles. The predicted molar refractivity (Wildman–Crippen MR) is 78.5 cm³/mol. The standard InChI is InChI=1S/C15H18N2OS/c1-12(2)17-9-8-13(16-17)10-14(18)11-19-15-6-4-3-5-7-15/h3-9,12H,10-11H2,1-2H3. The van der Waals surface area contributed by atoms with Gasteiger partial charge in [-0.25, -0.2) is 0 Å². The number of hydrogen-bond acceptors (Lipinski definition) is 3. The lowest BCUT2D eigenvalue weighted by Gasteiger charge is -2.03. The fourth-order valence-electron chi connectivity index (χ4n) is 1.69. The third kappa shape index (κ3) is 4.24. The number of Topliss-reactive ketones (excluding diaryl/α,β-unsaturated/α-hetero) is 1. The van der Waals surface area contributed by atoms with Crippen LogP contribution in [0.5, 0.6) is 0 Å². The van der Waals surface area contributed by atoms with Crippen molar-refractivity contribution >= 4 is 17.5 Å². The van der Waals surface area contributed by atoms with E-state index >= 15 is 0 Å². The first-order valence-corrected chi connectivity index (χ1v) is 7.37. The molecule has 3 nitrogen and oxygen atoms in total. The van der Waals surface area contributed by atoms with Crippen molar-refractivity contribution < 1.29 is 4.79 Å². The van der Waals surface area contributed by atoms with E-state index in [1.54, 1.807) is 11.8 Å². The summed E-state index contributed by atoms with van der Waals surface area (Å²) in [7, 11) is 0. The molecule has 0 atom stereocenters. The van der Waals surface area contributed by atoms with E-state index in [2.05, 4.69) is 18.9 Å². The predicted octanol–water partition coefficient (Wildman–Crippen LogP) is 3.37. The molecule has 0 radical (unpaired) electrons. The maximum Gasteiger partial charge on any atom is 0.149 e. The number of thioether (sulfide) groups is 1. The first kappa shape index (κ1) is 13.9. The molecule has 0 N–H and O–H groups in total. The summed E-state index contributed by atoms with van der Waals surface area (Å²) in [5, 5.41) is 4.39. The number of hydrogen-bond donors (Lipinski definition) is 0. The highest BCUT2D eigenvalue weighted by atomic mass is 32.2. The molecule has 1 aromatic carbocycles. The van der Waals surface area contributed by atoms with E-state index in [0.29, 0.717) is 18.2 Å². The van der Waals surface area contributed by atoms with Gasteiger partial charge in [0.05, 0.1) is 17.9 Å². The number of rotatable bonds is 6. The monoisotopic (exact) mass is 274 g/mol. The first-order chi connectivity index (χ1) is 9.15. The molecule has 0 aliphatic heterocycles. The van der Waals surface area contributed by atoms with Crippen LogP contribution >= 0.6 is 11.8 Å². The second-order valence-electron chi connectivity index (χ2n) is 4.70. The second-order valence-corrected chi connectivity index (χ2v) is 5.75. The van der Waals surface area contributed by atoms with E-state index in [1.165, 1.54) is 0 Å². The lowest BCUT2D eigenvalue weighted by Crippen LogP contribution is -2.08. The zero-order chi connectivity index (χ0) is 13.7. The van der Waals surface area contributed by atoms with Crippen LogP contribution < -0.4 is 0 Å². The molecule has 0 unspecified atom stereocenters. The van der Waals surface area contributed by atoms with Crippen molar-refractivity contribution in [1.82, 2.24) is 9.78 Å². The normalized spacial score (nSPS) is 10.9. The van der Waals surface area contributed by atoms with Gasteiger partial charge in [-0.2, -0.15) is 5.10 Å². The van der Waals surface area contributed by atoms with E-state index in [4.69, 9.17) is 0 Å². The Labute approximate surface area is 118 Å². The molecule has 19 heavy (non-hydrogen) atoms. The largest absolute Gasteiger partial charge is 0.298 e. The van der Waals surface area contributed by atoms with Crippen LogP contribution in [0.25, 0.3) is 0 Å². The zero-order valence-corrected chi connectivity index (χ0v) is 12.1. The van der Waals surface area contributed by atoms with E-state index in [-0.39, 0.29) is 5.78 Å². The van der Waals surface area contributed by atoms with Gasteiger partial charge in [-0.3, -0.25) is 9.48 Å². The topological polar surface area (TPSA) is 34.9 Å². The van der Waals surface area contributed by atoms with Crippen molar-refractivity contribution in [3.05, 3.63) is 48.3 Å². The number of ketones is 1. The molecule has 2 aromatic rings. The van der Waals surface area contributed by atoms with Gasteiger partial charge in [0.15, 0.2) is 0 Å². The summed E-state index contributed by atoms with van der Waals surface area (Å²) >= 11 is 1.58. The number of benzene rings is 1. The fourth-order valence-corrected chi connectivity index (χ4v) is 2.47. The summed E-state index contributed by atoms with van der Waals surface area (Å²) in [6.45, 7) is 4.15. The van der Waals surface area contributed by atoms with E-state index < -0.39 is 0 Å². The van der Waals surface area contributed by atoms with Crippen molar-refractivity contribution in [2.45, 2.75) is 31.2 Å². The van der Waals surface area contributed by atoms with E-state index in [9.17, 15) is 4.79 Å². The molecule has 1 heterocycles. The average Bonchev–Trinajstić information content (AvgIpc) is 2.86. The van der Waals surface area contributed by atoms with Crippen LogP contribution in [0.2, 0.25) is 0 Å². The van der Waals surface area contributed by atoms with Gasteiger partial charge in [0, 0.05) is 17.1 Å². The van der Waals surface area contributed by atoms with Gasteiger partial charge in [-0.05, 0) is 32.0 Å². The summed E-state index contributed by atoms with van der Waals surface area (Å²) in [5.41, 5.74) is 0.854. The lowest BCUT2D eigenvalue weighted by molar-refractivity contribution is -0.116. The molecule has 0 spiro atoms. The van der Waals surface area contributed by atoms with Gasteiger partial charge in [0.2, 0.25) is 0 Å². The molecule has 2 rings (SSSR count). The molecule has 0 aliphatic rings. The highest BCUT2D eigenvalue weighted by molar-refractivity contribution is 8.00. The van der Waals surface area contributed by atoms with Crippen molar-refractivity contribution in [2.24, 2.45) is 0 Å². The third-order valence-electron chi connectivity index (χ3n) is 2.71. The number of aromatic nitrogens is 2. The molecule has 100 valence electrons. The van der Waals surface area contributed by atoms with Gasteiger partial charge >= 0.3 is 0 Å². The summed E-state index contributed by atoms with van der Waals surface area (Å²) in [5.74, 6) is 0.710. The molecule has 0 bridgehead atoms. The van der Waals surface area contributed by atoms with Crippen molar-refractivity contribution in [3.8, 4) is 0 Å². The smallest absolute Gasteiger partial charge is 0.149 e. The average molecular weight is 274 g/mol. The Morgan fingerprint density at radius 2 is 2.00 bits per heavy atom. The molecule has 0 saturated carbocycles. The quantitative estimate of drug-likeness (QED) is 0.758. The second kappa shape index (κ2) is 6.57. The van der Waals surface area contributed by atoms with Crippen LogP contribution in [0.4, 0.5) is 0 Å². The zero-order valence-electron chi connectivity index (χ0n) is 11.2. The Hall–Kier alpha value is -1.55. The third-order valence-corrected chi connectivity index (χ3v) is 3.79. The van der Waals surface area contributed by atoms with Crippen LogP contribution in [0.3, 0.4) is 0 Å². The van der Waals surface area contributed by atoms with Gasteiger partial charge in [-0.15, -0.1) is 11.8 Å². The van der Waals surface area contributed by atoms with Gasteiger partial charge in [-0.1, -0.05) is 18.2 Å². The summed E-state index contributed by atoms with van der Waals surface area (Å²) in [4.78, 5) is 13.0. The minimum Gasteiger partial charge on any atom is -0.298 e. The molecule has 4 heteroatoms. The highest BCUT2D eigenvalue weighted by Crippen LogP contribution is 2.17. The van der Waals surface area contributed by atoms with Gasteiger partial charge < -0.3 is 0 Å². The lowest BCUT2D eigenvalue weighted by atomic mass is 10.2. The molecular weight excluding hydrogens is 256 g/mol. The Kier molecular flexibility index (Phi) is 4.80. The number of carbonyl (C=O) groups excluding carboxylic acids is 1. The summed E-state index contributed by atoms with van der Waals surface area (Å²) < 4.78 is 1.88. The van der Waals surface area contributed by atoms with Gasteiger partial charge in [0.1, 0.15) is 5.78 Å². The van der Waals surface area contributed by atoms with Crippen LogP contribution in [0.1, 0.15) is 25.6 Å². The first-order valence-electron chi connectivity index (χ1n) is 6.38. The van der Waals surface area contributed by atoms with Crippen LogP contribution in [-0.2, 0) is 11.2 Å². The van der Waals surface area contributed by atoms with Gasteiger partial charge in [0.25, 0.3) is 0 Å². The van der Waals surface area contributed by atoms with E-state index in [1.807, 2.05) is 47.3 Å². The van der Waals surface area contributed by atoms with E-state index in [0.717, 1.165) is 10.6 Å². The summed E-state index contributed by atoms with van der Waals surface area (Å²) in [6.07, 6.45) is 2.34. The Bertz CT molecular complexity index is 534. The molecule has 1 aromatic heterocycles. The number of nitrogens with zero attached hydrogens (tertiary/aromatic N) is 2. The maximum absolute atomic E-state index is 11.9. The molecule has 0 amide bonds. The Morgan fingerprint density at radius 1 is 1.26 bits per heavy atom. The van der Waals surface area contributed by atoms with Crippen LogP contribution in [0, 0.1) is 0 Å². The fraction of sp³-hybridized carbons (Fsp3) is 0.333. The number of carbonyl (C=O) groups is 1. The highest BCUT2D eigenvalue weighted by Gasteiger charge is 2.08. The van der Waals surface area contributed by atoms with Crippen molar-refractivity contribution in [3.63, 3.8) is 0 Å².